The van der Waals surface area contributed by atoms with Crippen LogP contribution < -0.4 is 15.0 Å². The van der Waals surface area contributed by atoms with Gasteiger partial charge in [-0.15, -0.1) is 0 Å². The lowest BCUT2D eigenvalue weighted by molar-refractivity contribution is -0.143. The van der Waals surface area contributed by atoms with Gasteiger partial charge in [0.2, 0.25) is 5.91 Å². The number of benzene rings is 2. The smallest absolute Gasteiger partial charge is 0.326 e. The van der Waals surface area contributed by atoms with Crippen molar-refractivity contribution in [3.63, 3.8) is 0 Å². The molecule has 0 saturated heterocycles. The van der Waals surface area contributed by atoms with E-state index in [9.17, 15) is 14.4 Å². The summed E-state index contributed by atoms with van der Waals surface area (Å²) in [6.45, 7) is 9.29. The first-order valence-electron chi connectivity index (χ1n) is 10.9. The van der Waals surface area contributed by atoms with Crippen LogP contribution in [0.2, 0.25) is 0 Å². The highest BCUT2D eigenvalue weighted by atomic mass is 32.1. The maximum absolute atomic E-state index is 12.9. The molecule has 0 radical (unpaired) electrons. The number of carbonyl (C=O) groups is 3. The average Bonchev–Trinajstić information content (AvgIpc) is 3.10. The van der Waals surface area contributed by atoms with Crippen molar-refractivity contribution in [3.05, 3.63) is 52.8 Å². The SMILES string of the molecule is CCOC(=O)Cn1c(=NC(=O)c2ccc(N(CC)CC)cc2)sc2cc(NC(C)=O)ccc21. The highest BCUT2D eigenvalue weighted by Gasteiger charge is 2.14. The van der Waals surface area contributed by atoms with Crippen LogP contribution in [0.1, 0.15) is 38.1 Å². The number of esters is 1. The number of anilines is 2. The number of fused-ring (bicyclic) bond motifs is 1. The first-order valence-corrected chi connectivity index (χ1v) is 11.7. The highest BCUT2D eigenvalue weighted by Crippen LogP contribution is 2.22. The predicted molar refractivity (Wildman–Crippen MR) is 131 cm³/mol. The van der Waals surface area contributed by atoms with E-state index in [1.54, 1.807) is 41.8 Å². The lowest BCUT2D eigenvalue weighted by Crippen LogP contribution is -2.23. The van der Waals surface area contributed by atoms with E-state index in [0.717, 1.165) is 29.0 Å². The number of amides is 2. The third-order valence-electron chi connectivity index (χ3n) is 5.04. The molecular formula is C24H28N4O4S. The van der Waals surface area contributed by atoms with Crippen LogP contribution in [0.4, 0.5) is 11.4 Å². The molecule has 0 fully saturated rings. The Labute approximate surface area is 196 Å². The van der Waals surface area contributed by atoms with Gasteiger partial charge in [0.25, 0.3) is 5.91 Å². The van der Waals surface area contributed by atoms with E-state index in [0.29, 0.717) is 16.1 Å². The molecule has 0 atom stereocenters. The third kappa shape index (κ3) is 5.87. The second kappa shape index (κ2) is 10.9. The number of nitrogens with one attached hydrogen (secondary N) is 1. The van der Waals surface area contributed by atoms with E-state index in [1.807, 2.05) is 12.1 Å². The van der Waals surface area contributed by atoms with Crippen LogP contribution in [-0.4, -0.2) is 42.0 Å². The first-order chi connectivity index (χ1) is 15.9. The summed E-state index contributed by atoms with van der Waals surface area (Å²) in [6, 6.07) is 12.7. The van der Waals surface area contributed by atoms with Crippen LogP contribution in [0.25, 0.3) is 10.2 Å². The summed E-state index contributed by atoms with van der Waals surface area (Å²) in [7, 11) is 0. The molecule has 0 aliphatic carbocycles. The Kier molecular flexibility index (Phi) is 8.00. The van der Waals surface area contributed by atoms with E-state index in [2.05, 4.69) is 29.1 Å². The van der Waals surface area contributed by atoms with Crippen molar-refractivity contribution in [2.75, 3.05) is 29.9 Å². The zero-order chi connectivity index (χ0) is 24.0. The summed E-state index contributed by atoms with van der Waals surface area (Å²) in [5.41, 5.74) is 2.86. The molecule has 0 saturated carbocycles. The van der Waals surface area contributed by atoms with Gasteiger partial charge in [0.1, 0.15) is 6.54 Å². The van der Waals surface area contributed by atoms with Crippen molar-refractivity contribution in [2.24, 2.45) is 4.99 Å². The fourth-order valence-electron chi connectivity index (χ4n) is 3.48. The van der Waals surface area contributed by atoms with Crippen LogP contribution in [0.5, 0.6) is 0 Å². The van der Waals surface area contributed by atoms with Crippen molar-refractivity contribution in [3.8, 4) is 0 Å². The lowest BCUT2D eigenvalue weighted by Gasteiger charge is -2.20. The zero-order valence-electron chi connectivity index (χ0n) is 19.3. The quantitative estimate of drug-likeness (QED) is 0.508. The molecule has 0 aliphatic rings. The highest BCUT2D eigenvalue weighted by molar-refractivity contribution is 7.16. The zero-order valence-corrected chi connectivity index (χ0v) is 20.1. The Bertz CT molecular complexity index is 1220. The van der Waals surface area contributed by atoms with E-state index >= 15 is 0 Å². The fraction of sp³-hybridized carbons (Fsp3) is 0.333. The summed E-state index contributed by atoms with van der Waals surface area (Å²) in [6.07, 6.45) is 0. The topological polar surface area (TPSA) is 93.0 Å². The van der Waals surface area contributed by atoms with Crippen molar-refractivity contribution in [2.45, 2.75) is 34.2 Å². The molecule has 0 bridgehead atoms. The number of hydrogen-bond donors (Lipinski definition) is 1. The Morgan fingerprint density at radius 2 is 1.76 bits per heavy atom. The van der Waals surface area contributed by atoms with Gasteiger partial charge in [0.15, 0.2) is 4.80 Å². The number of carbonyl (C=O) groups excluding carboxylic acids is 3. The van der Waals surface area contributed by atoms with Gasteiger partial charge >= 0.3 is 5.97 Å². The number of hydrogen-bond acceptors (Lipinski definition) is 6. The normalized spacial score (nSPS) is 11.5. The maximum Gasteiger partial charge on any atom is 0.326 e. The van der Waals surface area contributed by atoms with E-state index < -0.39 is 11.9 Å². The Balaban J connectivity index is 2.02. The Hall–Kier alpha value is -3.46. The molecule has 9 heteroatoms. The Morgan fingerprint density at radius 1 is 1.06 bits per heavy atom. The summed E-state index contributed by atoms with van der Waals surface area (Å²) in [5.74, 6) is -0.994. The molecular weight excluding hydrogens is 440 g/mol. The average molecular weight is 469 g/mol. The van der Waals surface area contributed by atoms with Gasteiger partial charge in [-0.25, -0.2) is 0 Å². The molecule has 2 amide bonds. The van der Waals surface area contributed by atoms with Crippen LogP contribution in [0.15, 0.2) is 47.5 Å². The minimum absolute atomic E-state index is 0.0691. The summed E-state index contributed by atoms with van der Waals surface area (Å²) in [5, 5.41) is 2.74. The monoisotopic (exact) mass is 468 g/mol. The second-order valence-electron chi connectivity index (χ2n) is 7.28. The van der Waals surface area contributed by atoms with E-state index in [4.69, 9.17) is 4.74 Å². The molecule has 8 nitrogen and oxygen atoms in total. The Morgan fingerprint density at radius 3 is 2.36 bits per heavy atom. The predicted octanol–water partition coefficient (Wildman–Crippen LogP) is 3.81. The number of nitrogens with zero attached hydrogens (tertiary/aromatic N) is 3. The molecule has 3 aromatic rings. The minimum atomic E-state index is -0.416. The molecule has 2 aromatic carbocycles. The fourth-order valence-corrected chi connectivity index (χ4v) is 4.55. The number of thiazole rings is 1. The van der Waals surface area contributed by atoms with Crippen LogP contribution in [0, 0.1) is 0 Å². The van der Waals surface area contributed by atoms with Gasteiger partial charge in [0.05, 0.1) is 16.8 Å². The molecule has 1 aromatic heterocycles. The molecule has 0 unspecified atom stereocenters. The molecule has 33 heavy (non-hydrogen) atoms. The first kappa shape index (κ1) is 24.2. The summed E-state index contributed by atoms with van der Waals surface area (Å²) in [4.78, 5) is 43.4. The van der Waals surface area contributed by atoms with Crippen molar-refractivity contribution < 1.29 is 19.1 Å². The number of rotatable bonds is 8. The number of ether oxygens (including phenoxy) is 1. The van der Waals surface area contributed by atoms with Gasteiger partial charge in [-0.3, -0.25) is 14.4 Å². The second-order valence-corrected chi connectivity index (χ2v) is 8.28. The standard InChI is InChI=1S/C24H28N4O4S/c1-5-27(6-2)19-11-8-17(9-12-19)23(31)26-24-28(15-22(30)32-7-3)20-13-10-18(25-16(4)29)14-21(20)33-24/h8-14H,5-7,15H2,1-4H3,(H,25,29). The molecule has 174 valence electrons. The van der Waals surface area contributed by atoms with Gasteiger partial charge in [-0.2, -0.15) is 4.99 Å². The van der Waals surface area contributed by atoms with Crippen LogP contribution >= 0.6 is 11.3 Å². The molecule has 1 N–H and O–H groups in total. The summed E-state index contributed by atoms with van der Waals surface area (Å²) >= 11 is 1.27. The molecule has 0 aliphatic heterocycles. The van der Waals surface area contributed by atoms with Gasteiger partial charge < -0.3 is 19.5 Å². The van der Waals surface area contributed by atoms with Gasteiger partial charge in [0, 0.05) is 37.0 Å². The van der Waals surface area contributed by atoms with E-state index in [1.165, 1.54) is 18.3 Å². The largest absolute Gasteiger partial charge is 0.465 e. The third-order valence-corrected chi connectivity index (χ3v) is 6.08. The van der Waals surface area contributed by atoms with Crippen molar-refractivity contribution >= 4 is 50.7 Å². The van der Waals surface area contributed by atoms with Crippen molar-refractivity contribution in [1.82, 2.24) is 4.57 Å². The van der Waals surface area contributed by atoms with E-state index in [-0.39, 0.29) is 19.1 Å². The molecule has 1 heterocycles. The van der Waals surface area contributed by atoms with Crippen molar-refractivity contribution in [1.29, 1.82) is 0 Å². The lowest BCUT2D eigenvalue weighted by atomic mass is 10.2. The van der Waals surface area contributed by atoms with Crippen LogP contribution in [-0.2, 0) is 20.9 Å². The minimum Gasteiger partial charge on any atom is -0.465 e. The maximum atomic E-state index is 12.9. The van der Waals surface area contributed by atoms with Gasteiger partial charge in [-0.05, 0) is 63.2 Å². The van der Waals surface area contributed by atoms with Gasteiger partial charge in [-0.1, -0.05) is 11.3 Å². The molecule has 3 rings (SSSR count). The number of aromatic nitrogens is 1. The molecule has 0 spiro atoms. The van der Waals surface area contributed by atoms with Crippen LogP contribution in [0.3, 0.4) is 0 Å². The summed E-state index contributed by atoms with van der Waals surface area (Å²) < 4.78 is 7.55.